The molecule has 1 heterocycles. The van der Waals surface area contributed by atoms with E-state index in [9.17, 15) is 0 Å². The van der Waals surface area contributed by atoms with E-state index < -0.39 is 0 Å². The van der Waals surface area contributed by atoms with E-state index in [-0.39, 0.29) is 0 Å². The summed E-state index contributed by atoms with van der Waals surface area (Å²) in [5.74, 6) is 0. The molecule has 0 bridgehead atoms. The highest BCUT2D eigenvalue weighted by Crippen LogP contribution is 2.23. The molecule has 144 valence electrons. The molecule has 0 radical (unpaired) electrons. The zero-order chi connectivity index (χ0) is 19.8. The summed E-state index contributed by atoms with van der Waals surface area (Å²) >= 11 is 5.96. The number of allylic oxidation sites excluding steroid dienone is 1. The molecule has 0 aliphatic rings. The first-order valence-corrected chi connectivity index (χ1v) is 10.2. The van der Waals surface area contributed by atoms with Crippen LogP contribution in [-0.2, 0) is 6.54 Å². The van der Waals surface area contributed by atoms with E-state index in [1.807, 2.05) is 30.5 Å². The van der Waals surface area contributed by atoms with E-state index in [2.05, 4.69) is 65.9 Å². The van der Waals surface area contributed by atoms with Crippen LogP contribution in [0.3, 0.4) is 0 Å². The molecule has 0 aliphatic heterocycles. The molecule has 1 aromatic heterocycles. The van der Waals surface area contributed by atoms with Crippen molar-refractivity contribution in [1.29, 1.82) is 0 Å². The van der Waals surface area contributed by atoms with Gasteiger partial charge in [-0.15, -0.1) is 0 Å². The fraction of sp³-hybridized carbons (Fsp3) is 0.240. The summed E-state index contributed by atoms with van der Waals surface area (Å²) in [6, 6.07) is 22.6. The first-order chi connectivity index (χ1) is 13.7. The zero-order valence-corrected chi connectivity index (χ0v) is 17.2. The number of hydrogen-bond donors (Lipinski definition) is 0. The zero-order valence-electron chi connectivity index (χ0n) is 16.4. The van der Waals surface area contributed by atoms with Gasteiger partial charge in [-0.1, -0.05) is 73.6 Å². The Balaban J connectivity index is 1.51. The molecule has 2 aromatic carbocycles. The minimum absolute atomic E-state index is 0.745. The first-order valence-electron chi connectivity index (χ1n) is 9.82. The third kappa shape index (κ3) is 5.79. The smallest absolute Gasteiger partial charge is 0.0656 e. The van der Waals surface area contributed by atoms with Crippen molar-refractivity contribution in [1.82, 2.24) is 9.88 Å². The van der Waals surface area contributed by atoms with E-state index in [1.165, 1.54) is 5.56 Å². The second kappa shape index (κ2) is 10.2. The van der Waals surface area contributed by atoms with Gasteiger partial charge in [0.2, 0.25) is 0 Å². The molecule has 2 nitrogen and oxygen atoms in total. The monoisotopic (exact) mass is 390 g/mol. The number of aromatic nitrogens is 1. The minimum Gasteiger partial charge on any atom is -0.299 e. The summed E-state index contributed by atoms with van der Waals surface area (Å²) in [7, 11) is 0. The Labute approximate surface area is 173 Å². The predicted molar refractivity (Wildman–Crippen MR) is 120 cm³/mol. The van der Waals surface area contributed by atoms with E-state index in [4.69, 9.17) is 11.6 Å². The molecule has 0 saturated heterocycles. The Hall–Kier alpha value is -2.42. The molecule has 0 fully saturated rings. The van der Waals surface area contributed by atoms with Crippen LogP contribution in [0.2, 0.25) is 5.02 Å². The lowest BCUT2D eigenvalue weighted by Crippen LogP contribution is -2.24. The molecule has 0 atom stereocenters. The van der Waals surface area contributed by atoms with Crippen LogP contribution in [0.1, 0.15) is 31.0 Å². The van der Waals surface area contributed by atoms with Crippen molar-refractivity contribution < 1.29 is 0 Å². The Bertz CT molecular complexity index is 871. The quantitative estimate of drug-likeness (QED) is 0.403. The van der Waals surface area contributed by atoms with Gasteiger partial charge in [-0.3, -0.25) is 9.88 Å². The number of pyridine rings is 1. The van der Waals surface area contributed by atoms with Crippen LogP contribution in [0, 0.1) is 0 Å². The molecule has 0 saturated carbocycles. The third-order valence-corrected chi connectivity index (χ3v) is 5.20. The van der Waals surface area contributed by atoms with E-state index in [0.717, 1.165) is 59.9 Å². The van der Waals surface area contributed by atoms with Crippen LogP contribution in [0.5, 0.6) is 0 Å². The molecule has 0 aliphatic carbocycles. The van der Waals surface area contributed by atoms with Crippen LogP contribution >= 0.6 is 11.6 Å². The fourth-order valence-electron chi connectivity index (χ4n) is 3.25. The SMILES string of the molecule is C=C(CCCN(CC)Cc1ccccc1)c1ccc(-c2ccc(Cl)cc2)cn1. The average Bonchev–Trinajstić information content (AvgIpc) is 2.74. The second-order valence-electron chi connectivity index (χ2n) is 7.00. The Kier molecular flexibility index (Phi) is 7.41. The highest BCUT2D eigenvalue weighted by molar-refractivity contribution is 6.30. The van der Waals surface area contributed by atoms with E-state index in [1.54, 1.807) is 0 Å². The first kappa shape index (κ1) is 20.3. The highest BCUT2D eigenvalue weighted by atomic mass is 35.5. The van der Waals surface area contributed by atoms with Crippen LogP contribution in [0.15, 0.2) is 79.5 Å². The number of hydrogen-bond acceptors (Lipinski definition) is 2. The normalized spacial score (nSPS) is 11.0. The van der Waals surface area contributed by atoms with Gasteiger partial charge in [-0.25, -0.2) is 0 Å². The van der Waals surface area contributed by atoms with Gasteiger partial charge in [-0.05, 0) is 60.8 Å². The molecule has 0 N–H and O–H groups in total. The Morgan fingerprint density at radius 3 is 2.32 bits per heavy atom. The second-order valence-corrected chi connectivity index (χ2v) is 7.44. The third-order valence-electron chi connectivity index (χ3n) is 4.95. The van der Waals surface area contributed by atoms with Crippen molar-refractivity contribution in [2.75, 3.05) is 13.1 Å². The molecule has 28 heavy (non-hydrogen) atoms. The standard InChI is InChI=1S/C25H27ClN2/c1-3-28(19-21-9-5-4-6-10-21)17-7-8-20(2)25-16-13-23(18-27-25)22-11-14-24(26)15-12-22/h4-6,9-16,18H,2-3,7-8,17,19H2,1H3. The highest BCUT2D eigenvalue weighted by Gasteiger charge is 2.06. The van der Waals surface area contributed by atoms with Gasteiger partial charge in [0.15, 0.2) is 0 Å². The van der Waals surface area contributed by atoms with Gasteiger partial charge >= 0.3 is 0 Å². The molecule has 0 unspecified atom stereocenters. The summed E-state index contributed by atoms with van der Waals surface area (Å²) in [5.41, 5.74) is 5.65. The lowest BCUT2D eigenvalue weighted by molar-refractivity contribution is 0.277. The fourth-order valence-corrected chi connectivity index (χ4v) is 3.38. The molecule has 3 aromatic rings. The van der Waals surface area contributed by atoms with Crippen molar-refractivity contribution in [3.8, 4) is 11.1 Å². The number of rotatable bonds is 9. The lowest BCUT2D eigenvalue weighted by Gasteiger charge is -2.20. The summed E-state index contributed by atoms with van der Waals surface area (Å²) in [4.78, 5) is 7.09. The van der Waals surface area contributed by atoms with Gasteiger partial charge in [-0.2, -0.15) is 0 Å². The Morgan fingerprint density at radius 2 is 1.68 bits per heavy atom. The molecule has 0 amide bonds. The molecule has 0 spiro atoms. The van der Waals surface area contributed by atoms with E-state index >= 15 is 0 Å². The van der Waals surface area contributed by atoms with Crippen molar-refractivity contribution >= 4 is 17.2 Å². The van der Waals surface area contributed by atoms with Crippen molar-refractivity contribution in [2.45, 2.75) is 26.3 Å². The summed E-state index contributed by atoms with van der Waals surface area (Å²) in [6.07, 6.45) is 3.95. The average molecular weight is 391 g/mol. The van der Waals surface area contributed by atoms with Crippen molar-refractivity contribution in [3.05, 3.63) is 95.8 Å². The van der Waals surface area contributed by atoms with Crippen LogP contribution in [0.25, 0.3) is 16.7 Å². The number of nitrogens with zero attached hydrogens (tertiary/aromatic N) is 2. The molecular weight excluding hydrogens is 364 g/mol. The summed E-state index contributed by atoms with van der Waals surface area (Å²) in [5, 5.41) is 0.745. The van der Waals surface area contributed by atoms with E-state index in [0.29, 0.717) is 0 Å². The molecular formula is C25H27ClN2. The maximum atomic E-state index is 5.96. The van der Waals surface area contributed by atoms with Gasteiger partial charge < -0.3 is 0 Å². The predicted octanol–water partition coefficient (Wildman–Crippen LogP) is 6.72. The lowest BCUT2D eigenvalue weighted by atomic mass is 10.0. The van der Waals surface area contributed by atoms with Gasteiger partial charge in [0.1, 0.15) is 0 Å². The van der Waals surface area contributed by atoms with Crippen molar-refractivity contribution in [2.24, 2.45) is 0 Å². The number of benzene rings is 2. The minimum atomic E-state index is 0.745. The largest absolute Gasteiger partial charge is 0.299 e. The number of halogens is 1. The molecule has 3 heteroatoms. The summed E-state index contributed by atoms with van der Waals surface area (Å²) < 4.78 is 0. The van der Waals surface area contributed by atoms with Gasteiger partial charge in [0, 0.05) is 23.3 Å². The topological polar surface area (TPSA) is 16.1 Å². The van der Waals surface area contributed by atoms with Crippen molar-refractivity contribution in [3.63, 3.8) is 0 Å². The van der Waals surface area contributed by atoms with Crippen LogP contribution < -0.4 is 0 Å². The maximum absolute atomic E-state index is 5.96. The summed E-state index contributed by atoms with van der Waals surface area (Å²) in [6.45, 7) is 9.58. The Morgan fingerprint density at radius 1 is 0.964 bits per heavy atom. The van der Waals surface area contributed by atoms with Gasteiger partial charge in [0.25, 0.3) is 0 Å². The van der Waals surface area contributed by atoms with Gasteiger partial charge in [0.05, 0.1) is 5.69 Å². The van der Waals surface area contributed by atoms with Crippen LogP contribution in [-0.4, -0.2) is 23.0 Å². The molecule has 3 rings (SSSR count). The maximum Gasteiger partial charge on any atom is 0.0656 e. The van der Waals surface area contributed by atoms with Crippen LogP contribution in [0.4, 0.5) is 0 Å².